The molecule has 1 heteroatoms. The van der Waals surface area contributed by atoms with Crippen LogP contribution < -0.4 is 5.32 Å². The second-order valence-corrected chi connectivity index (χ2v) is 14.0. The summed E-state index contributed by atoms with van der Waals surface area (Å²) in [6.45, 7) is 26.0. The molecule has 0 saturated carbocycles. The topological polar surface area (TPSA) is 12.0 Å². The minimum atomic E-state index is 0.0199. The minimum absolute atomic E-state index is 0.0199. The summed E-state index contributed by atoms with van der Waals surface area (Å²) in [5, 5.41) is 3.89. The molecule has 5 aromatic rings. The van der Waals surface area contributed by atoms with E-state index in [0.717, 1.165) is 40.8 Å². The van der Waals surface area contributed by atoms with Gasteiger partial charge in [-0.2, -0.15) is 0 Å². The molecule has 0 aromatic heterocycles. The van der Waals surface area contributed by atoms with Gasteiger partial charge in [-0.15, -0.1) is 0 Å². The summed E-state index contributed by atoms with van der Waals surface area (Å²) >= 11 is 0. The summed E-state index contributed by atoms with van der Waals surface area (Å²) in [4.78, 5) is 0. The van der Waals surface area contributed by atoms with E-state index in [1.54, 1.807) is 0 Å². The van der Waals surface area contributed by atoms with Gasteiger partial charge < -0.3 is 5.32 Å². The molecule has 1 aliphatic carbocycles. The van der Waals surface area contributed by atoms with Gasteiger partial charge in [-0.05, 0) is 99.9 Å². The Bertz CT molecular complexity index is 2140. The van der Waals surface area contributed by atoms with Crippen molar-refractivity contribution in [3.63, 3.8) is 0 Å². The van der Waals surface area contributed by atoms with E-state index >= 15 is 0 Å². The first-order valence-electron chi connectivity index (χ1n) is 20.6. The fourth-order valence-corrected chi connectivity index (χ4v) is 7.28. The first-order valence-corrected chi connectivity index (χ1v) is 20.6. The van der Waals surface area contributed by atoms with E-state index < -0.39 is 0 Å². The largest absolute Gasteiger partial charge is 0.378 e. The van der Waals surface area contributed by atoms with Crippen LogP contribution in [0.1, 0.15) is 102 Å². The summed E-state index contributed by atoms with van der Waals surface area (Å²) < 4.78 is 0. The number of nitrogens with one attached hydrogen (secondary N) is 1. The van der Waals surface area contributed by atoms with Crippen molar-refractivity contribution in [2.24, 2.45) is 5.92 Å². The molecule has 0 spiro atoms. The number of benzene rings is 5. The van der Waals surface area contributed by atoms with Crippen LogP contribution in [0.25, 0.3) is 33.5 Å². The fraction of sp³-hybridized carbons (Fsp3) is 0.236. The molecule has 56 heavy (non-hydrogen) atoms. The van der Waals surface area contributed by atoms with E-state index in [2.05, 4.69) is 204 Å². The van der Waals surface area contributed by atoms with Gasteiger partial charge in [0.05, 0.1) is 0 Å². The van der Waals surface area contributed by atoms with Crippen molar-refractivity contribution in [1.29, 1.82) is 0 Å². The monoisotopic (exact) mass is 737 g/mol. The number of hydrogen-bond acceptors (Lipinski definition) is 1. The maximum atomic E-state index is 4.50. The molecular formula is C55H63N. The molecule has 3 unspecified atom stereocenters. The van der Waals surface area contributed by atoms with E-state index in [1.807, 2.05) is 33.8 Å². The standard InChI is InChI=1S/C51H51N.2C2H6/c1-7-36(2)33-50-37(3)21-11-8-16-26-43-35-44(31-32-45(43)39(50)5)47-28-18-20-30-49(47)48-29-19-17-27-46(48)40(6)52-51(42-24-14-10-15-25-42)34-38(4)41-22-12-9-13-23-41;2*1-2/h8-25,27-35,39-40,50,52H,3-4,7,26H2,1-2,5-6H3;2*1-2H3/b16-8-,21-11-,36-33-,51-34-;;. The van der Waals surface area contributed by atoms with Crippen LogP contribution in [0.15, 0.2) is 188 Å². The molecule has 288 valence electrons. The van der Waals surface area contributed by atoms with Gasteiger partial charge >= 0.3 is 0 Å². The van der Waals surface area contributed by atoms with Crippen LogP contribution in [0.5, 0.6) is 0 Å². The number of fused-ring (bicyclic) bond motifs is 1. The second-order valence-electron chi connectivity index (χ2n) is 14.0. The first kappa shape index (κ1) is 43.1. The van der Waals surface area contributed by atoms with E-state index in [1.165, 1.54) is 44.5 Å². The Morgan fingerprint density at radius 1 is 0.750 bits per heavy atom. The van der Waals surface area contributed by atoms with Gasteiger partial charge in [-0.25, -0.2) is 0 Å². The molecule has 5 aromatic carbocycles. The average Bonchev–Trinajstić information content (AvgIpc) is 3.26. The average molecular weight is 738 g/mol. The van der Waals surface area contributed by atoms with Gasteiger partial charge in [0.2, 0.25) is 0 Å². The molecule has 6 rings (SSSR count). The summed E-state index contributed by atoms with van der Waals surface area (Å²) in [6.07, 6.45) is 15.3. The van der Waals surface area contributed by atoms with E-state index in [-0.39, 0.29) is 12.0 Å². The zero-order chi connectivity index (χ0) is 40.5. The van der Waals surface area contributed by atoms with E-state index in [4.69, 9.17) is 0 Å². The molecule has 3 atom stereocenters. The van der Waals surface area contributed by atoms with E-state index in [0.29, 0.717) is 5.92 Å². The Morgan fingerprint density at radius 3 is 2.00 bits per heavy atom. The summed E-state index contributed by atoms with van der Waals surface area (Å²) in [7, 11) is 0. The molecule has 0 aliphatic heterocycles. The predicted octanol–water partition coefficient (Wildman–Crippen LogP) is 15.8. The van der Waals surface area contributed by atoms with Gasteiger partial charge in [-0.3, -0.25) is 0 Å². The normalized spacial score (nSPS) is 17.1. The highest BCUT2D eigenvalue weighted by atomic mass is 14.9. The Labute approximate surface area is 339 Å². The van der Waals surface area contributed by atoms with Gasteiger partial charge in [0.15, 0.2) is 0 Å². The van der Waals surface area contributed by atoms with Crippen molar-refractivity contribution >= 4 is 11.3 Å². The quantitative estimate of drug-likeness (QED) is 0.111. The van der Waals surface area contributed by atoms with Crippen LogP contribution in [0.4, 0.5) is 0 Å². The Balaban J connectivity index is 0.00000169. The van der Waals surface area contributed by atoms with Crippen LogP contribution in [-0.4, -0.2) is 0 Å². The number of hydrogen-bond donors (Lipinski definition) is 1. The zero-order valence-corrected chi connectivity index (χ0v) is 35.1. The van der Waals surface area contributed by atoms with Crippen molar-refractivity contribution in [3.05, 3.63) is 216 Å². The predicted molar refractivity (Wildman–Crippen MR) is 249 cm³/mol. The highest BCUT2D eigenvalue weighted by Crippen LogP contribution is 2.40. The van der Waals surface area contributed by atoms with Crippen molar-refractivity contribution in [2.75, 3.05) is 0 Å². The molecule has 1 nitrogen and oxygen atoms in total. The lowest BCUT2D eigenvalue weighted by molar-refractivity contribution is 0.618. The SMILES string of the molecule is C=C(/C=C(\NC(C)c1ccccc1-c1ccccc1-c1ccc2c(c1)C/C=C\C=C/C(=C)C(/C=C(/C)CC)C2C)c1ccccc1)c1ccccc1.CC.CC. The Hall–Kier alpha value is -5.66. The van der Waals surface area contributed by atoms with Crippen LogP contribution in [0.2, 0.25) is 0 Å². The Morgan fingerprint density at radius 2 is 1.34 bits per heavy atom. The zero-order valence-electron chi connectivity index (χ0n) is 35.1. The third-order valence-electron chi connectivity index (χ3n) is 10.4. The lowest BCUT2D eigenvalue weighted by Crippen LogP contribution is -2.18. The van der Waals surface area contributed by atoms with Crippen LogP contribution in [-0.2, 0) is 6.42 Å². The molecule has 1 aliphatic rings. The molecule has 1 N–H and O–H groups in total. The van der Waals surface area contributed by atoms with Crippen molar-refractivity contribution in [3.8, 4) is 22.3 Å². The van der Waals surface area contributed by atoms with Crippen molar-refractivity contribution < 1.29 is 0 Å². The molecule has 0 heterocycles. The molecule has 0 radical (unpaired) electrons. The van der Waals surface area contributed by atoms with Crippen molar-refractivity contribution in [2.45, 2.75) is 80.2 Å². The summed E-state index contributed by atoms with van der Waals surface area (Å²) in [6, 6.07) is 45.7. The van der Waals surface area contributed by atoms with E-state index in [9.17, 15) is 0 Å². The van der Waals surface area contributed by atoms with Crippen molar-refractivity contribution in [1.82, 2.24) is 5.32 Å². The van der Waals surface area contributed by atoms with Gasteiger partial charge in [0.1, 0.15) is 0 Å². The Kier molecular flexibility index (Phi) is 16.9. The number of rotatable bonds is 10. The van der Waals surface area contributed by atoms with Crippen LogP contribution in [0, 0.1) is 5.92 Å². The third kappa shape index (κ3) is 11.0. The number of allylic oxidation sites excluding steroid dienone is 9. The molecular weight excluding hydrogens is 675 g/mol. The molecule has 0 fully saturated rings. The summed E-state index contributed by atoms with van der Waals surface area (Å²) in [5.74, 6) is 0.557. The lowest BCUT2D eigenvalue weighted by Gasteiger charge is -2.26. The summed E-state index contributed by atoms with van der Waals surface area (Å²) in [5.41, 5.74) is 15.7. The highest BCUT2D eigenvalue weighted by Gasteiger charge is 2.23. The smallest absolute Gasteiger partial charge is 0.0491 e. The van der Waals surface area contributed by atoms with Crippen LogP contribution >= 0.6 is 0 Å². The van der Waals surface area contributed by atoms with Gasteiger partial charge in [-0.1, -0.05) is 218 Å². The maximum absolute atomic E-state index is 4.50. The lowest BCUT2D eigenvalue weighted by atomic mass is 9.78. The van der Waals surface area contributed by atoms with Crippen LogP contribution in [0.3, 0.4) is 0 Å². The van der Waals surface area contributed by atoms with Gasteiger partial charge in [0, 0.05) is 17.7 Å². The first-order chi connectivity index (χ1) is 27.3. The molecule has 0 saturated heterocycles. The molecule has 0 bridgehead atoms. The van der Waals surface area contributed by atoms with Gasteiger partial charge in [0.25, 0.3) is 0 Å². The molecule has 0 amide bonds. The minimum Gasteiger partial charge on any atom is -0.378 e. The second kappa shape index (κ2) is 22.0. The third-order valence-corrected chi connectivity index (χ3v) is 10.4. The fourth-order valence-electron chi connectivity index (χ4n) is 7.28. The maximum Gasteiger partial charge on any atom is 0.0491 e. The highest BCUT2D eigenvalue weighted by molar-refractivity contribution is 5.86.